The summed E-state index contributed by atoms with van der Waals surface area (Å²) in [5.74, 6) is 0. The molecule has 1 N–H and O–H groups in total. The molecule has 0 atom stereocenters. The molecule has 0 aliphatic rings. The maximum atomic E-state index is 8.83. The Morgan fingerprint density at radius 1 is 1.57 bits per heavy atom. The molecule has 0 saturated heterocycles. The average Bonchev–Trinajstić information content (AvgIpc) is 2.41. The number of aromatic nitrogens is 1. The lowest BCUT2D eigenvalue weighted by atomic mass is 10.2. The maximum absolute atomic E-state index is 8.83. The van der Waals surface area contributed by atoms with Gasteiger partial charge in [0.2, 0.25) is 0 Å². The predicted molar refractivity (Wildman–Crippen MR) is 55.4 cm³/mol. The molecule has 1 heterocycles. The zero-order valence-corrected chi connectivity index (χ0v) is 9.13. The summed E-state index contributed by atoms with van der Waals surface area (Å²) in [5.41, 5.74) is 6.18. The second-order valence-corrected chi connectivity index (χ2v) is 3.54. The van der Waals surface area contributed by atoms with E-state index in [2.05, 4.69) is 11.5 Å². The first kappa shape index (κ1) is 10.8. The first-order valence-electron chi connectivity index (χ1n) is 4.52. The van der Waals surface area contributed by atoms with E-state index in [0.29, 0.717) is 5.69 Å². The van der Waals surface area contributed by atoms with Crippen LogP contribution >= 0.6 is 0 Å². The topological polar surface area (TPSA) is 44.0 Å². The van der Waals surface area contributed by atoms with Crippen LogP contribution in [0, 0.1) is 18.3 Å². The molecule has 76 valence electrons. The highest BCUT2D eigenvalue weighted by Crippen LogP contribution is 2.12. The lowest BCUT2D eigenvalue weighted by Crippen LogP contribution is -2.29. The highest BCUT2D eigenvalue weighted by Gasteiger charge is 2.07. The monoisotopic (exact) mass is 192 g/mol. The quantitative estimate of drug-likeness (QED) is 0.719. The van der Waals surface area contributed by atoms with E-state index < -0.39 is 0 Å². The van der Waals surface area contributed by atoms with E-state index in [4.69, 9.17) is 5.26 Å². The third kappa shape index (κ3) is 2.13. The minimum Gasteiger partial charge on any atom is -0.340 e. The van der Waals surface area contributed by atoms with E-state index in [-0.39, 0.29) is 0 Å². The Balaban J connectivity index is 2.84. The third-order valence-corrected chi connectivity index (χ3v) is 2.34. The zero-order valence-electron chi connectivity index (χ0n) is 9.13. The van der Waals surface area contributed by atoms with Crippen molar-refractivity contribution in [2.75, 3.05) is 14.1 Å². The van der Waals surface area contributed by atoms with Crippen molar-refractivity contribution >= 4 is 0 Å². The highest BCUT2D eigenvalue weighted by molar-refractivity contribution is 5.33. The molecule has 0 spiro atoms. The molecule has 0 fully saturated rings. The van der Waals surface area contributed by atoms with Gasteiger partial charge in [-0.2, -0.15) is 5.26 Å². The Morgan fingerprint density at radius 3 is 2.64 bits per heavy atom. The number of hydrazine groups is 1. The average molecular weight is 192 g/mol. The van der Waals surface area contributed by atoms with Gasteiger partial charge in [0, 0.05) is 33.4 Å². The molecule has 1 rings (SSSR count). The molecule has 0 aliphatic heterocycles. The maximum Gasteiger partial charge on any atom is 0.120 e. The Hall–Kier alpha value is -1.31. The van der Waals surface area contributed by atoms with Crippen molar-refractivity contribution in [3.05, 3.63) is 23.0 Å². The van der Waals surface area contributed by atoms with Crippen LogP contribution in [0.25, 0.3) is 0 Å². The van der Waals surface area contributed by atoms with Gasteiger partial charge in [-0.15, -0.1) is 0 Å². The van der Waals surface area contributed by atoms with Gasteiger partial charge in [0.05, 0.1) is 0 Å². The largest absolute Gasteiger partial charge is 0.340 e. The van der Waals surface area contributed by atoms with Crippen molar-refractivity contribution < 1.29 is 0 Å². The molecular formula is C10H16N4. The van der Waals surface area contributed by atoms with Crippen molar-refractivity contribution in [2.45, 2.75) is 13.5 Å². The van der Waals surface area contributed by atoms with Crippen LogP contribution in [0.4, 0.5) is 0 Å². The number of hydrogen-bond acceptors (Lipinski definition) is 3. The molecule has 14 heavy (non-hydrogen) atoms. The third-order valence-electron chi connectivity index (χ3n) is 2.34. The number of nitrogens with one attached hydrogen (secondary N) is 1. The van der Waals surface area contributed by atoms with E-state index in [1.54, 1.807) is 0 Å². The number of nitriles is 1. The Labute approximate surface area is 84.7 Å². The smallest absolute Gasteiger partial charge is 0.120 e. The summed E-state index contributed by atoms with van der Waals surface area (Å²) in [4.78, 5) is 0. The van der Waals surface area contributed by atoms with Crippen LogP contribution in [0.2, 0.25) is 0 Å². The normalized spacial score (nSPS) is 10.6. The standard InChI is InChI=1S/C10H16N4/c1-8-9(7-12-13(2)3)5-10(6-11)14(8)4/h5,12H,7H2,1-4H3. The highest BCUT2D eigenvalue weighted by atomic mass is 15.5. The van der Waals surface area contributed by atoms with E-state index in [0.717, 1.165) is 17.8 Å². The Bertz CT molecular complexity index is 357. The van der Waals surface area contributed by atoms with E-state index in [1.807, 2.05) is 43.7 Å². The molecule has 0 aromatic carbocycles. The van der Waals surface area contributed by atoms with Gasteiger partial charge >= 0.3 is 0 Å². The summed E-state index contributed by atoms with van der Waals surface area (Å²) < 4.78 is 1.91. The van der Waals surface area contributed by atoms with Crippen LogP contribution in [-0.2, 0) is 13.6 Å². The van der Waals surface area contributed by atoms with E-state index in [9.17, 15) is 0 Å². The van der Waals surface area contributed by atoms with E-state index >= 15 is 0 Å². The number of rotatable bonds is 3. The van der Waals surface area contributed by atoms with E-state index in [1.165, 1.54) is 0 Å². The summed E-state index contributed by atoms with van der Waals surface area (Å²) in [5, 5.41) is 10.7. The molecule has 4 heteroatoms. The molecule has 0 amide bonds. The van der Waals surface area contributed by atoms with Crippen LogP contribution in [0.1, 0.15) is 17.0 Å². The summed E-state index contributed by atoms with van der Waals surface area (Å²) in [6.45, 7) is 2.78. The fraction of sp³-hybridized carbons (Fsp3) is 0.500. The second-order valence-electron chi connectivity index (χ2n) is 3.54. The van der Waals surface area contributed by atoms with Gasteiger partial charge in [0.15, 0.2) is 0 Å². The lowest BCUT2D eigenvalue weighted by molar-refractivity contribution is 0.285. The van der Waals surface area contributed by atoms with Crippen molar-refractivity contribution in [3.63, 3.8) is 0 Å². The first-order chi connectivity index (χ1) is 6.56. The van der Waals surface area contributed by atoms with Crippen molar-refractivity contribution in [1.29, 1.82) is 5.26 Å². The van der Waals surface area contributed by atoms with Crippen molar-refractivity contribution in [2.24, 2.45) is 7.05 Å². The summed E-state index contributed by atoms with van der Waals surface area (Å²) >= 11 is 0. The second kappa shape index (κ2) is 4.27. The van der Waals surface area contributed by atoms with Crippen molar-refractivity contribution in [1.82, 2.24) is 15.0 Å². The molecule has 0 radical (unpaired) electrons. The summed E-state index contributed by atoms with van der Waals surface area (Å²) in [6, 6.07) is 4.09. The van der Waals surface area contributed by atoms with Gasteiger partial charge in [-0.1, -0.05) is 0 Å². The minimum atomic E-state index is 0.707. The van der Waals surface area contributed by atoms with Gasteiger partial charge in [-0.3, -0.25) is 10.4 Å². The fourth-order valence-electron chi connectivity index (χ4n) is 1.29. The van der Waals surface area contributed by atoms with Gasteiger partial charge in [-0.25, -0.2) is 0 Å². The van der Waals surface area contributed by atoms with Crippen molar-refractivity contribution in [3.8, 4) is 6.07 Å². The lowest BCUT2D eigenvalue weighted by Gasteiger charge is -2.11. The molecule has 0 bridgehead atoms. The van der Waals surface area contributed by atoms with Gasteiger partial charge in [0.1, 0.15) is 11.8 Å². The molecule has 1 aromatic heterocycles. The molecule has 1 aromatic rings. The van der Waals surface area contributed by atoms with Crippen LogP contribution in [0.5, 0.6) is 0 Å². The first-order valence-corrected chi connectivity index (χ1v) is 4.52. The molecule has 0 unspecified atom stereocenters. The van der Waals surface area contributed by atoms with Gasteiger partial charge in [0.25, 0.3) is 0 Å². The van der Waals surface area contributed by atoms with Crippen LogP contribution in [-0.4, -0.2) is 23.7 Å². The van der Waals surface area contributed by atoms with Gasteiger partial charge < -0.3 is 4.57 Å². The molecule has 0 aliphatic carbocycles. The minimum absolute atomic E-state index is 0.707. The zero-order chi connectivity index (χ0) is 10.7. The summed E-state index contributed by atoms with van der Waals surface area (Å²) in [6.07, 6.45) is 0. The molecule has 0 saturated carbocycles. The predicted octanol–water partition coefficient (Wildman–Crippen LogP) is 0.771. The number of nitrogens with zero attached hydrogens (tertiary/aromatic N) is 3. The van der Waals surface area contributed by atoms with Crippen LogP contribution in [0.3, 0.4) is 0 Å². The Morgan fingerprint density at radius 2 is 2.21 bits per heavy atom. The SMILES string of the molecule is Cc1c(CNN(C)C)cc(C#N)n1C. The fourth-order valence-corrected chi connectivity index (χ4v) is 1.29. The van der Waals surface area contributed by atoms with Gasteiger partial charge in [-0.05, 0) is 18.6 Å². The number of hydrogen-bond donors (Lipinski definition) is 1. The summed E-state index contributed by atoms with van der Waals surface area (Å²) in [7, 11) is 5.81. The van der Waals surface area contributed by atoms with Crippen LogP contribution in [0.15, 0.2) is 6.07 Å². The Kier molecular flexibility index (Phi) is 3.28. The molecular weight excluding hydrogens is 176 g/mol. The van der Waals surface area contributed by atoms with Crippen LogP contribution < -0.4 is 5.43 Å². The molecule has 4 nitrogen and oxygen atoms in total.